The molecule has 5 nitrogen and oxygen atoms in total. The number of likely N-dealkylation sites (tertiary alicyclic amines) is 1. The van der Waals surface area contributed by atoms with Crippen LogP contribution in [0.3, 0.4) is 0 Å². The van der Waals surface area contributed by atoms with Crippen LogP contribution in [-0.2, 0) is 9.59 Å². The fraction of sp³-hybridized carbons (Fsp3) is 0.600. The van der Waals surface area contributed by atoms with Gasteiger partial charge in [0.1, 0.15) is 17.2 Å². The SMILES string of the molecule is CCCC(=O)N1C(C(=O)NCCN2CCCC2)CSC1c1cccc(F)c1. The van der Waals surface area contributed by atoms with Gasteiger partial charge in [-0.1, -0.05) is 19.1 Å². The van der Waals surface area contributed by atoms with Crippen LogP contribution in [0.5, 0.6) is 0 Å². The molecule has 0 radical (unpaired) electrons. The maximum absolute atomic E-state index is 13.7. The van der Waals surface area contributed by atoms with E-state index in [2.05, 4.69) is 10.2 Å². The van der Waals surface area contributed by atoms with Gasteiger partial charge >= 0.3 is 0 Å². The zero-order chi connectivity index (χ0) is 19.2. The van der Waals surface area contributed by atoms with E-state index in [1.807, 2.05) is 13.0 Å². The summed E-state index contributed by atoms with van der Waals surface area (Å²) in [6, 6.07) is 5.82. The van der Waals surface area contributed by atoms with Crippen LogP contribution in [0.15, 0.2) is 24.3 Å². The lowest BCUT2D eigenvalue weighted by molar-refractivity contribution is -0.139. The third kappa shape index (κ3) is 5.02. The van der Waals surface area contributed by atoms with Crippen LogP contribution in [0.2, 0.25) is 0 Å². The molecule has 1 N–H and O–H groups in total. The molecule has 27 heavy (non-hydrogen) atoms. The van der Waals surface area contributed by atoms with Crippen molar-refractivity contribution < 1.29 is 14.0 Å². The molecule has 2 saturated heterocycles. The lowest BCUT2D eigenvalue weighted by Gasteiger charge is -2.29. The summed E-state index contributed by atoms with van der Waals surface area (Å²) in [7, 11) is 0. The lowest BCUT2D eigenvalue weighted by atomic mass is 10.1. The molecule has 0 spiro atoms. The summed E-state index contributed by atoms with van der Waals surface area (Å²) in [4.78, 5) is 29.5. The molecule has 2 aliphatic rings. The molecule has 0 bridgehead atoms. The Balaban J connectivity index is 1.67. The average Bonchev–Trinajstić information content (AvgIpc) is 3.31. The van der Waals surface area contributed by atoms with E-state index in [0.29, 0.717) is 18.7 Å². The highest BCUT2D eigenvalue weighted by molar-refractivity contribution is 7.99. The Labute approximate surface area is 164 Å². The van der Waals surface area contributed by atoms with Crippen molar-refractivity contribution in [2.75, 3.05) is 31.9 Å². The van der Waals surface area contributed by atoms with E-state index >= 15 is 0 Å². The molecule has 2 heterocycles. The van der Waals surface area contributed by atoms with E-state index in [9.17, 15) is 14.0 Å². The first-order chi connectivity index (χ1) is 13.1. The Morgan fingerprint density at radius 2 is 2.07 bits per heavy atom. The fourth-order valence-electron chi connectivity index (χ4n) is 3.73. The number of carbonyl (C=O) groups excluding carboxylic acids is 2. The molecule has 2 aliphatic heterocycles. The van der Waals surface area contributed by atoms with Crippen LogP contribution in [0, 0.1) is 5.82 Å². The smallest absolute Gasteiger partial charge is 0.243 e. The summed E-state index contributed by atoms with van der Waals surface area (Å²) in [6.07, 6.45) is 3.56. The van der Waals surface area contributed by atoms with E-state index in [1.165, 1.54) is 36.7 Å². The third-order valence-electron chi connectivity index (χ3n) is 5.11. The molecule has 2 unspecified atom stereocenters. The summed E-state index contributed by atoms with van der Waals surface area (Å²) < 4.78 is 13.7. The van der Waals surface area contributed by atoms with E-state index in [-0.39, 0.29) is 23.0 Å². The number of hydrogen-bond donors (Lipinski definition) is 1. The van der Waals surface area contributed by atoms with Crippen molar-refractivity contribution in [1.82, 2.24) is 15.1 Å². The van der Waals surface area contributed by atoms with Crippen LogP contribution in [-0.4, -0.2) is 59.6 Å². The second-order valence-electron chi connectivity index (χ2n) is 7.15. The maximum atomic E-state index is 13.7. The first kappa shape index (κ1) is 20.1. The highest BCUT2D eigenvalue weighted by atomic mass is 32.2. The number of rotatable bonds is 7. The predicted octanol–water partition coefficient (Wildman–Crippen LogP) is 2.78. The van der Waals surface area contributed by atoms with E-state index in [0.717, 1.165) is 31.6 Å². The van der Waals surface area contributed by atoms with Crippen molar-refractivity contribution in [2.45, 2.75) is 44.0 Å². The number of amides is 2. The number of hydrogen-bond acceptors (Lipinski definition) is 4. The summed E-state index contributed by atoms with van der Waals surface area (Å²) in [5, 5.41) is 2.69. The van der Waals surface area contributed by atoms with Crippen LogP contribution >= 0.6 is 11.8 Å². The number of carbonyl (C=O) groups is 2. The molecule has 0 aliphatic carbocycles. The molecule has 7 heteroatoms. The Morgan fingerprint density at radius 1 is 1.30 bits per heavy atom. The van der Waals surface area contributed by atoms with Crippen molar-refractivity contribution >= 4 is 23.6 Å². The zero-order valence-corrected chi connectivity index (χ0v) is 16.6. The second kappa shape index (κ2) is 9.55. The molecule has 0 saturated carbocycles. The standard InChI is InChI=1S/C20H28FN3O2S/c1-2-6-18(25)24-17(19(26)22-9-12-23-10-3-4-11-23)14-27-20(24)15-7-5-8-16(21)13-15/h5,7-8,13,17,20H,2-4,6,9-12,14H2,1H3,(H,22,26). The Hall–Kier alpha value is -1.60. The monoisotopic (exact) mass is 393 g/mol. The summed E-state index contributed by atoms with van der Waals surface area (Å²) in [5.41, 5.74) is 0.733. The molecule has 1 aromatic rings. The Morgan fingerprint density at radius 3 is 2.78 bits per heavy atom. The molecule has 1 aromatic carbocycles. The lowest BCUT2D eigenvalue weighted by Crippen LogP contribution is -2.49. The van der Waals surface area contributed by atoms with Gasteiger partial charge < -0.3 is 15.1 Å². The van der Waals surface area contributed by atoms with Crippen molar-refractivity contribution in [3.63, 3.8) is 0 Å². The number of halogens is 1. The summed E-state index contributed by atoms with van der Waals surface area (Å²) in [5.74, 6) is 0.0580. The van der Waals surface area contributed by atoms with Gasteiger partial charge in [0.15, 0.2) is 0 Å². The van der Waals surface area contributed by atoms with Crippen molar-refractivity contribution in [3.8, 4) is 0 Å². The zero-order valence-electron chi connectivity index (χ0n) is 15.8. The van der Waals surface area contributed by atoms with Crippen molar-refractivity contribution in [3.05, 3.63) is 35.6 Å². The Kier molecular flexibility index (Phi) is 7.13. The minimum Gasteiger partial charge on any atom is -0.353 e. The van der Waals surface area contributed by atoms with E-state index in [1.54, 1.807) is 11.0 Å². The Bertz CT molecular complexity index is 666. The molecule has 148 valence electrons. The first-order valence-electron chi connectivity index (χ1n) is 9.78. The predicted molar refractivity (Wildman–Crippen MR) is 106 cm³/mol. The van der Waals surface area contributed by atoms with Crippen LogP contribution in [0.4, 0.5) is 4.39 Å². The summed E-state index contributed by atoms with van der Waals surface area (Å²) >= 11 is 1.53. The maximum Gasteiger partial charge on any atom is 0.243 e. The van der Waals surface area contributed by atoms with Gasteiger partial charge in [-0.15, -0.1) is 11.8 Å². The first-order valence-corrected chi connectivity index (χ1v) is 10.8. The van der Waals surface area contributed by atoms with Gasteiger partial charge in [-0.25, -0.2) is 4.39 Å². The molecule has 2 atom stereocenters. The largest absolute Gasteiger partial charge is 0.353 e. The van der Waals surface area contributed by atoms with E-state index < -0.39 is 6.04 Å². The van der Waals surface area contributed by atoms with Gasteiger partial charge in [0.25, 0.3) is 0 Å². The van der Waals surface area contributed by atoms with Crippen LogP contribution < -0.4 is 5.32 Å². The molecule has 2 fully saturated rings. The van der Waals surface area contributed by atoms with Crippen molar-refractivity contribution in [2.24, 2.45) is 0 Å². The van der Waals surface area contributed by atoms with Crippen LogP contribution in [0.25, 0.3) is 0 Å². The topological polar surface area (TPSA) is 52.7 Å². The number of benzene rings is 1. The molecule has 2 amide bonds. The quantitative estimate of drug-likeness (QED) is 0.774. The van der Waals surface area contributed by atoms with Gasteiger partial charge in [0, 0.05) is 25.3 Å². The van der Waals surface area contributed by atoms with Crippen molar-refractivity contribution in [1.29, 1.82) is 0 Å². The summed E-state index contributed by atoms with van der Waals surface area (Å²) in [6.45, 7) is 5.58. The van der Waals surface area contributed by atoms with Gasteiger partial charge in [0.2, 0.25) is 11.8 Å². The minimum absolute atomic E-state index is 0.0449. The normalized spacial score (nSPS) is 23.0. The van der Waals surface area contributed by atoms with Gasteiger partial charge in [-0.05, 0) is 50.0 Å². The van der Waals surface area contributed by atoms with Gasteiger partial charge in [-0.3, -0.25) is 9.59 Å². The highest BCUT2D eigenvalue weighted by Crippen LogP contribution is 2.42. The minimum atomic E-state index is -0.499. The molecule has 3 rings (SSSR count). The fourth-order valence-corrected chi connectivity index (χ4v) is 5.17. The molecular formula is C20H28FN3O2S. The number of thioether (sulfide) groups is 1. The number of nitrogens with zero attached hydrogens (tertiary/aromatic N) is 2. The van der Waals surface area contributed by atoms with Gasteiger partial charge in [-0.2, -0.15) is 0 Å². The molecule has 0 aromatic heterocycles. The van der Waals surface area contributed by atoms with Crippen LogP contribution in [0.1, 0.15) is 43.5 Å². The highest BCUT2D eigenvalue weighted by Gasteiger charge is 2.41. The average molecular weight is 394 g/mol. The molecular weight excluding hydrogens is 365 g/mol. The van der Waals surface area contributed by atoms with Gasteiger partial charge in [0.05, 0.1) is 0 Å². The second-order valence-corrected chi connectivity index (χ2v) is 8.26. The van der Waals surface area contributed by atoms with E-state index in [4.69, 9.17) is 0 Å². The number of nitrogens with one attached hydrogen (secondary N) is 1. The third-order valence-corrected chi connectivity index (χ3v) is 6.44.